The molecule has 4 atom stereocenters. The third-order valence-electron chi connectivity index (χ3n) is 8.55. The number of carbonyl (C=O) groups excluding carboxylic acids is 8. The summed E-state index contributed by atoms with van der Waals surface area (Å²) in [6.07, 6.45) is 5.91. The van der Waals surface area contributed by atoms with Crippen LogP contribution in [0.4, 0.5) is 0 Å². The standard InChI is InChI=1S/C35H69N15O8/c36-15-5-1-2-14-27(51)48-26(13-9-19-43-35(41)42)34(58)46-21-29(53)49-24(11-4-7-17-38)32(56)45-22-30(54)50-25(12-8-18-39)33(57)44-20-28(52)47-23(31(40)55)10-3-6-16-37/h23-26H,1-22,36-39H2,(H2,40,55)(H,44,57)(H,45,56)(H,46,58)(H,47,52)(H,48,51)(H,49,53)(H,50,54)(H4,41,42,43). The van der Waals surface area contributed by atoms with E-state index in [2.05, 4.69) is 42.2 Å². The lowest BCUT2D eigenvalue weighted by atomic mass is 10.1. The summed E-state index contributed by atoms with van der Waals surface area (Å²) in [5.74, 6) is -5.35. The number of amides is 8. The van der Waals surface area contributed by atoms with Gasteiger partial charge in [0.2, 0.25) is 47.3 Å². The Hall–Kier alpha value is -5.13. The number of aliphatic imine (C=N–C) groups is 1. The monoisotopic (exact) mass is 828 g/mol. The summed E-state index contributed by atoms with van der Waals surface area (Å²) in [7, 11) is 0. The summed E-state index contributed by atoms with van der Waals surface area (Å²) >= 11 is 0. The first-order chi connectivity index (χ1) is 27.7. The van der Waals surface area contributed by atoms with Gasteiger partial charge in [-0.1, -0.05) is 6.42 Å². The van der Waals surface area contributed by atoms with E-state index in [4.69, 9.17) is 40.1 Å². The smallest absolute Gasteiger partial charge is 0.243 e. The molecule has 58 heavy (non-hydrogen) atoms. The van der Waals surface area contributed by atoms with Crippen LogP contribution >= 0.6 is 0 Å². The highest BCUT2D eigenvalue weighted by molar-refractivity contribution is 5.95. The van der Waals surface area contributed by atoms with Crippen molar-refractivity contribution >= 4 is 53.2 Å². The molecule has 0 saturated heterocycles. The summed E-state index contributed by atoms with van der Waals surface area (Å²) < 4.78 is 0. The van der Waals surface area contributed by atoms with E-state index in [1.54, 1.807) is 0 Å². The number of hydrogen-bond donors (Lipinski definition) is 14. The average molecular weight is 828 g/mol. The molecule has 0 aromatic rings. The van der Waals surface area contributed by atoms with E-state index in [9.17, 15) is 38.4 Å². The molecule has 0 spiro atoms. The first-order valence-corrected chi connectivity index (χ1v) is 19.8. The quantitative estimate of drug-likeness (QED) is 0.0163. The molecule has 332 valence electrons. The number of guanidine groups is 1. The molecular formula is C35H69N15O8. The number of primary amides is 1. The number of nitrogens with one attached hydrogen (secondary N) is 7. The molecule has 23 nitrogen and oxygen atoms in total. The maximum absolute atomic E-state index is 13.2. The summed E-state index contributed by atoms with van der Waals surface area (Å²) in [4.78, 5) is 106. The van der Waals surface area contributed by atoms with Gasteiger partial charge in [-0.25, -0.2) is 0 Å². The van der Waals surface area contributed by atoms with Crippen LogP contribution < -0.4 is 77.4 Å². The molecule has 0 aliphatic carbocycles. The van der Waals surface area contributed by atoms with Crippen molar-refractivity contribution in [3.05, 3.63) is 0 Å². The highest BCUT2D eigenvalue weighted by atomic mass is 16.2. The predicted octanol–water partition coefficient (Wildman–Crippen LogP) is -5.67. The second kappa shape index (κ2) is 32.9. The Morgan fingerprint density at radius 1 is 0.414 bits per heavy atom. The van der Waals surface area contributed by atoms with Crippen molar-refractivity contribution in [1.29, 1.82) is 0 Å². The fourth-order valence-corrected chi connectivity index (χ4v) is 5.38. The minimum absolute atomic E-state index is 0.117. The normalized spacial score (nSPS) is 12.8. The molecule has 0 aromatic heterocycles. The van der Waals surface area contributed by atoms with Gasteiger partial charge in [0.05, 0.1) is 19.6 Å². The van der Waals surface area contributed by atoms with Gasteiger partial charge < -0.3 is 77.4 Å². The van der Waals surface area contributed by atoms with Crippen LogP contribution in [-0.4, -0.2) is 130 Å². The Bertz CT molecular complexity index is 1320. The van der Waals surface area contributed by atoms with Crippen LogP contribution in [0.25, 0.3) is 0 Å². The van der Waals surface area contributed by atoms with Crippen LogP contribution in [0.2, 0.25) is 0 Å². The highest BCUT2D eigenvalue weighted by Crippen LogP contribution is 2.05. The lowest BCUT2D eigenvalue weighted by molar-refractivity contribution is -0.133. The molecule has 0 aromatic carbocycles. The number of hydrogen-bond acceptors (Lipinski definition) is 13. The van der Waals surface area contributed by atoms with Crippen LogP contribution in [0.5, 0.6) is 0 Å². The van der Waals surface area contributed by atoms with Gasteiger partial charge in [0.25, 0.3) is 0 Å². The van der Waals surface area contributed by atoms with Crippen molar-refractivity contribution in [1.82, 2.24) is 37.2 Å². The van der Waals surface area contributed by atoms with Crippen molar-refractivity contribution < 1.29 is 38.4 Å². The van der Waals surface area contributed by atoms with Crippen LogP contribution in [0.3, 0.4) is 0 Å². The molecule has 0 radical (unpaired) electrons. The van der Waals surface area contributed by atoms with Gasteiger partial charge >= 0.3 is 0 Å². The van der Waals surface area contributed by atoms with E-state index in [0.29, 0.717) is 64.6 Å². The largest absolute Gasteiger partial charge is 0.370 e. The molecule has 8 amide bonds. The van der Waals surface area contributed by atoms with E-state index < -0.39 is 85.2 Å². The van der Waals surface area contributed by atoms with Crippen LogP contribution in [0.15, 0.2) is 4.99 Å². The lowest BCUT2D eigenvalue weighted by Gasteiger charge is -2.21. The summed E-state index contributed by atoms with van der Waals surface area (Å²) in [6.45, 7) is 0.0768. The predicted molar refractivity (Wildman–Crippen MR) is 217 cm³/mol. The van der Waals surface area contributed by atoms with Gasteiger partial charge in [0.15, 0.2) is 5.96 Å². The van der Waals surface area contributed by atoms with E-state index >= 15 is 0 Å². The third kappa shape index (κ3) is 26.7. The number of rotatable bonds is 34. The molecule has 0 bridgehead atoms. The van der Waals surface area contributed by atoms with Crippen LogP contribution in [0, 0.1) is 0 Å². The molecule has 0 rings (SSSR count). The first-order valence-electron chi connectivity index (χ1n) is 19.8. The van der Waals surface area contributed by atoms with Gasteiger partial charge in [-0.3, -0.25) is 43.3 Å². The molecule has 0 fully saturated rings. The van der Waals surface area contributed by atoms with Gasteiger partial charge in [0.1, 0.15) is 24.2 Å². The van der Waals surface area contributed by atoms with Crippen molar-refractivity contribution in [2.75, 3.05) is 52.4 Å². The van der Waals surface area contributed by atoms with E-state index in [1.807, 2.05) is 0 Å². The highest BCUT2D eigenvalue weighted by Gasteiger charge is 2.26. The van der Waals surface area contributed by atoms with Crippen molar-refractivity contribution in [2.24, 2.45) is 45.1 Å². The first kappa shape index (κ1) is 52.9. The molecular weight excluding hydrogens is 758 g/mol. The molecule has 21 N–H and O–H groups in total. The molecule has 0 aliphatic rings. The number of carbonyl (C=O) groups is 8. The van der Waals surface area contributed by atoms with Crippen LogP contribution in [-0.2, 0) is 38.4 Å². The molecule has 4 unspecified atom stereocenters. The zero-order chi connectivity index (χ0) is 43.7. The van der Waals surface area contributed by atoms with E-state index in [1.165, 1.54) is 0 Å². The minimum atomic E-state index is -1.11. The molecule has 0 saturated carbocycles. The summed E-state index contributed by atoms with van der Waals surface area (Å²) in [5.41, 5.74) is 38.3. The second-order valence-corrected chi connectivity index (χ2v) is 13.6. The van der Waals surface area contributed by atoms with E-state index in [-0.39, 0.29) is 57.1 Å². The summed E-state index contributed by atoms with van der Waals surface area (Å²) in [5, 5.41) is 17.6. The second-order valence-electron chi connectivity index (χ2n) is 13.6. The van der Waals surface area contributed by atoms with Crippen molar-refractivity contribution in [2.45, 2.75) is 114 Å². The maximum Gasteiger partial charge on any atom is 0.243 e. The zero-order valence-electron chi connectivity index (χ0n) is 33.6. The molecule has 0 heterocycles. The van der Waals surface area contributed by atoms with Gasteiger partial charge in [0, 0.05) is 13.0 Å². The van der Waals surface area contributed by atoms with Crippen molar-refractivity contribution in [3.8, 4) is 0 Å². The fraction of sp³-hybridized carbons (Fsp3) is 0.743. The Morgan fingerprint density at radius 3 is 1.19 bits per heavy atom. The topological polar surface area (TPSA) is 415 Å². The Labute approximate surface area is 340 Å². The molecule has 23 heteroatoms. The Balaban J connectivity index is 5.36. The SMILES string of the molecule is NCCCCCC(=O)NC(CCCN=C(N)N)C(=O)NCC(=O)NC(CCCCN)C(=O)NCC(=O)NC(CCCN)C(=O)NCC(=O)NC(CCCCN)C(N)=O. The third-order valence-corrected chi connectivity index (χ3v) is 8.55. The van der Waals surface area contributed by atoms with Gasteiger partial charge in [-0.05, 0) is 103 Å². The number of unbranched alkanes of at least 4 members (excludes halogenated alkanes) is 4. The minimum Gasteiger partial charge on any atom is -0.370 e. The van der Waals surface area contributed by atoms with Crippen molar-refractivity contribution in [3.63, 3.8) is 0 Å². The fourth-order valence-electron chi connectivity index (χ4n) is 5.38. The Morgan fingerprint density at radius 2 is 0.776 bits per heavy atom. The molecule has 0 aliphatic heterocycles. The van der Waals surface area contributed by atoms with E-state index in [0.717, 1.165) is 12.8 Å². The van der Waals surface area contributed by atoms with Gasteiger partial charge in [-0.2, -0.15) is 0 Å². The Kier molecular flexibility index (Phi) is 30.0. The van der Waals surface area contributed by atoms with Crippen LogP contribution in [0.1, 0.15) is 89.9 Å². The maximum atomic E-state index is 13.2. The zero-order valence-corrected chi connectivity index (χ0v) is 33.6. The number of nitrogens with two attached hydrogens (primary N) is 7. The summed E-state index contributed by atoms with van der Waals surface area (Å²) in [6, 6.07) is -4.15. The lowest BCUT2D eigenvalue weighted by Crippen LogP contribution is -2.54. The average Bonchev–Trinajstić information content (AvgIpc) is 3.18. The number of nitrogens with zero attached hydrogens (tertiary/aromatic N) is 1. The van der Waals surface area contributed by atoms with Gasteiger partial charge in [-0.15, -0.1) is 0 Å².